The Labute approximate surface area is 86.2 Å². The molecule has 0 aliphatic carbocycles. The Bertz CT molecular complexity index is 264. The zero-order chi connectivity index (χ0) is 12.0. The summed E-state index contributed by atoms with van der Waals surface area (Å²) in [5, 5.41) is 17.6. The van der Waals surface area contributed by atoms with Crippen LogP contribution in [-0.2, 0) is 19.2 Å². The van der Waals surface area contributed by atoms with E-state index in [1.165, 1.54) is 6.92 Å². The molecule has 0 aromatic heterocycles. The summed E-state index contributed by atoms with van der Waals surface area (Å²) in [4.78, 5) is 36.6. The fraction of sp³-hybridized carbons (Fsp3) is 0.625. The number of carboxylic acids is 2. The number of carboxylic acid groups (broad SMARTS) is 2. The number of hydrogen-bond acceptors (Lipinski definition) is 4. The maximum absolute atomic E-state index is 11.3. The zero-order valence-corrected chi connectivity index (χ0v) is 8.47. The van der Waals surface area contributed by atoms with Gasteiger partial charge in [0.05, 0.1) is 13.5 Å². The minimum Gasteiger partial charge on any atom is -0.481 e. The van der Waals surface area contributed by atoms with Crippen molar-refractivity contribution in [3.63, 3.8) is 0 Å². The summed E-state index contributed by atoms with van der Waals surface area (Å²) >= 11 is 0. The lowest BCUT2D eigenvalue weighted by Crippen LogP contribution is -2.42. The second-order valence-corrected chi connectivity index (χ2v) is 2.81. The molecule has 15 heavy (non-hydrogen) atoms. The summed E-state index contributed by atoms with van der Waals surface area (Å²) in [7, 11) is 1.15. The van der Waals surface area contributed by atoms with Gasteiger partial charge in [0.25, 0.3) is 0 Å². The van der Waals surface area contributed by atoms with Gasteiger partial charge in [0.15, 0.2) is 6.04 Å². The van der Waals surface area contributed by atoms with Gasteiger partial charge < -0.3 is 10.2 Å². The van der Waals surface area contributed by atoms with E-state index in [-0.39, 0.29) is 12.8 Å². The Hall–Kier alpha value is -1.63. The van der Waals surface area contributed by atoms with Crippen molar-refractivity contribution in [2.45, 2.75) is 25.8 Å². The fourth-order valence-electron chi connectivity index (χ4n) is 0.900. The minimum atomic E-state index is -1.22. The Kier molecular flexibility index (Phi) is 5.32. The largest absolute Gasteiger partial charge is 0.481 e. The van der Waals surface area contributed by atoms with Gasteiger partial charge in [-0.2, -0.15) is 0 Å². The molecule has 0 aromatic rings. The van der Waals surface area contributed by atoms with E-state index < -0.39 is 23.9 Å². The van der Waals surface area contributed by atoms with Gasteiger partial charge in [0, 0.05) is 6.42 Å². The maximum Gasteiger partial charge on any atom is 0.328 e. The van der Waals surface area contributed by atoms with Crippen molar-refractivity contribution in [1.29, 1.82) is 0 Å². The molecule has 0 saturated carbocycles. The number of rotatable bonds is 6. The topological polar surface area (TPSA) is 104 Å². The standard InChI is InChI=1S/C8H13NO6/c1-5(8(13)14)9(15-2)6(10)3-4-7(11)12/h5H,3-4H2,1-2H3,(H,11,12)(H,13,14)/t5-/m0/s1. The molecule has 0 saturated heterocycles. The van der Waals surface area contributed by atoms with Crippen LogP contribution in [0.15, 0.2) is 0 Å². The summed E-state index contributed by atoms with van der Waals surface area (Å²) in [6, 6.07) is -1.14. The highest BCUT2D eigenvalue weighted by Gasteiger charge is 2.25. The predicted octanol–water partition coefficient (Wildman–Crippen LogP) is -0.286. The van der Waals surface area contributed by atoms with Gasteiger partial charge >= 0.3 is 11.9 Å². The maximum atomic E-state index is 11.3. The minimum absolute atomic E-state index is 0.291. The van der Waals surface area contributed by atoms with Gasteiger partial charge in [-0.25, -0.2) is 9.86 Å². The highest BCUT2D eigenvalue weighted by atomic mass is 16.7. The van der Waals surface area contributed by atoms with E-state index >= 15 is 0 Å². The smallest absolute Gasteiger partial charge is 0.328 e. The van der Waals surface area contributed by atoms with Crippen molar-refractivity contribution in [2.75, 3.05) is 7.11 Å². The number of amides is 1. The molecule has 7 nitrogen and oxygen atoms in total. The highest BCUT2D eigenvalue weighted by molar-refractivity contribution is 5.84. The molecule has 0 radical (unpaired) electrons. The van der Waals surface area contributed by atoms with E-state index in [1.54, 1.807) is 0 Å². The second kappa shape index (κ2) is 5.97. The first-order chi connectivity index (χ1) is 6.90. The second-order valence-electron chi connectivity index (χ2n) is 2.81. The molecule has 0 unspecified atom stereocenters. The van der Waals surface area contributed by atoms with Crippen molar-refractivity contribution in [2.24, 2.45) is 0 Å². The third kappa shape index (κ3) is 4.41. The third-order valence-corrected chi connectivity index (χ3v) is 1.70. The third-order valence-electron chi connectivity index (χ3n) is 1.70. The van der Waals surface area contributed by atoms with E-state index in [4.69, 9.17) is 10.2 Å². The predicted molar refractivity (Wildman–Crippen MR) is 47.8 cm³/mol. The molecule has 2 N–H and O–H groups in total. The fourth-order valence-corrected chi connectivity index (χ4v) is 0.900. The van der Waals surface area contributed by atoms with Gasteiger partial charge in [0.2, 0.25) is 5.91 Å². The molecule has 0 aromatic carbocycles. The molecule has 0 spiro atoms. The zero-order valence-electron chi connectivity index (χ0n) is 8.47. The van der Waals surface area contributed by atoms with E-state index in [0.717, 1.165) is 7.11 Å². The summed E-state index contributed by atoms with van der Waals surface area (Å²) < 4.78 is 0. The summed E-state index contributed by atoms with van der Waals surface area (Å²) in [5.41, 5.74) is 0. The quantitative estimate of drug-likeness (QED) is 0.595. The van der Waals surface area contributed by atoms with Crippen LogP contribution in [0.2, 0.25) is 0 Å². The molecular weight excluding hydrogens is 206 g/mol. The highest BCUT2D eigenvalue weighted by Crippen LogP contribution is 2.04. The molecule has 0 rings (SSSR count). The average molecular weight is 219 g/mol. The van der Waals surface area contributed by atoms with Gasteiger partial charge in [-0.1, -0.05) is 0 Å². The number of hydroxylamine groups is 2. The average Bonchev–Trinajstić information content (AvgIpc) is 2.15. The van der Waals surface area contributed by atoms with Gasteiger partial charge in [-0.3, -0.25) is 14.4 Å². The summed E-state index contributed by atoms with van der Waals surface area (Å²) in [6.07, 6.45) is -0.647. The number of aliphatic carboxylic acids is 2. The number of nitrogens with zero attached hydrogens (tertiary/aromatic N) is 1. The normalized spacial score (nSPS) is 11.9. The lowest BCUT2D eigenvalue weighted by molar-refractivity contribution is -0.195. The van der Waals surface area contributed by atoms with Crippen LogP contribution in [0.4, 0.5) is 0 Å². The van der Waals surface area contributed by atoms with Crippen molar-refractivity contribution in [1.82, 2.24) is 5.06 Å². The van der Waals surface area contributed by atoms with Gasteiger partial charge in [-0.15, -0.1) is 0 Å². The van der Waals surface area contributed by atoms with Crippen LogP contribution < -0.4 is 0 Å². The first-order valence-electron chi connectivity index (χ1n) is 4.21. The Morgan fingerprint density at radius 2 is 1.80 bits per heavy atom. The molecule has 1 atom stereocenters. The van der Waals surface area contributed by atoms with Crippen molar-refractivity contribution < 1.29 is 29.4 Å². The van der Waals surface area contributed by atoms with Crippen LogP contribution in [0.25, 0.3) is 0 Å². The van der Waals surface area contributed by atoms with Crippen LogP contribution >= 0.6 is 0 Å². The van der Waals surface area contributed by atoms with E-state index in [9.17, 15) is 14.4 Å². The first-order valence-corrected chi connectivity index (χ1v) is 4.21. The van der Waals surface area contributed by atoms with Crippen molar-refractivity contribution in [3.8, 4) is 0 Å². The van der Waals surface area contributed by atoms with Gasteiger partial charge in [-0.05, 0) is 6.92 Å². The first kappa shape index (κ1) is 13.4. The number of hydrogen-bond donors (Lipinski definition) is 2. The van der Waals surface area contributed by atoms with Crippen LogP contribution in [0.5, 0.6) is 0 Å². The molecule has 1 amide bonds. The van der Waals surface area contributed by atoms with Crippen LogP contribution in [0.1, 0.15) is 19.8 Å². The lowest BCUT2D eigenvalue weighted by atomic mass is 10.2. The lowest BCUT2D eigenvalue weighted by Gasteiger charge is -2.23. The SMILES string of the molecule is CON(C(=O)CCC(=O)O)[C@@H](C)C(=O)O. The van der Waals surface area contributed by atoms with E-state index in [2.05, 4.69) is 4.84 Å². The Morgan fingerprint density at radius 3 is 2.13 bits per heavy atom. The molecule has 7 heteroatoms. The Morgan fingerprint density at radius 1 is 1.27 bits per heavy atom. The van der Waals surface area contributed by atoms with Crippen LogP contribution in [-0.4, -0.2) is 46.3 Å². The van der Waals surface area contributed by atoms with Crippen LogP contribution in [0.3, 0.4) is 0 Å². The molecule has 0 aliphatic rings. The summed E-state index contributed by atoms with van der Waals surface area (Å²) in [5.74, 6) is -3.02. The Balaban J connectivity index is 4.34. The van der Waals surface area contributed by atoms with Gasteiger partial charge in [0.1, 0.15) is 0 Å². The van der Waals surface area contributed by atoms with Crippen molar-refractivity contribution >= 4 is 17.8 Å². The van der Waals surface area contributed by atoms with Crippen molar-refractivity contribution in [3.05, 3.63) is 0 Å². The summed E-state index contributed by atoms with van der Waals surface area (Å²) in [6.45, 7) is 1.27. The number of carbonyl (C=O) groups is 3. The van der Waals surface area contributed by atoms with Crippen LogP contribution in [0, 0.1) is 0 Å². The molecular formula is C8H13NO6. The molecule has 0 fully saturated rings. The molecule has 0 bridgehead atoms. The van der Waals surface area contributed by atoms with E-state index in [1.807, 2.05) is 0 Å². The molecule has 0 heterocycles. The van der Waals surface area contributed by atoms with E-state index in [0.29, 0.717) is 5.06 Å². The number of carbonyl (C=O) groups excluding carboxylic acids is 1. The molecule has 0 aliphatic heterocycles. The monoisotopic (exact) mass is 219 g/mol. The molecule has 86 valence electrons.